The van der Waals surface area contributed by atoms with E-state index >= 15 is 0 Å². The molecule has 2 rings (SSSR count). The largest absolute Gasteiger partial charge is 0.477 e. The zero-order valence-electron chi connectivity index (χ0n) is 14.3. The van der Waals surface area contributed by atoms with Crippen LogP contribution in [0.1, 0.15) is 72.9 Å². The van der Waals surface area contributed by atoms with E-state index in [4.69, 9.17) is 5.11 Å². The molecule has 0 saturated heterocycles. The molecule has 6 heteroatoms. The van der Waals surface area contributed by atoms with Gasteiger partial charge in [0.2, 0.25) is 5.91 Å². The summed E-state index contributed by atoms with van der Waals surface area (Å²) in [6.45, 7) is 8.04. The molecule has 1 aliphatic rings. The smallest absolute Gasteiger partial charge is 0.347 e. The third kappa shape index (κ3) is 4.31. The zero-order valence-corrected chi connectivity index (χ0v) is 15.1. The van der Waals surface area contributed by atoms with Crippen LogP contribution in [0.5, 0.6) is 0 Å². The topological polar surface area (TPSA) is 79.3 Å². The van der Waals surface area contributed by atoms with E-state index in [0.717, 1.165) is 42.9 Å². The van der Waals surface area contributed by atoms with E-state index in [-0.39, 0.29) is 22.7 Å². The molecule has 1 saturated carbocycles. The third-order valence-corrected chi connectivity index (χ3v) is 6.15. The van der Waals surface area contributed by atoms with Crippen molar-refractivity contribution in [2.45, 2.75) is 59.4 Å². The van der Waals surface area contributed by atoms with Gasteiger partial charge in [-0.3, -0.25) is 4.79 Å². The number of carboxylic acids is 1. The van der Waals surface area contributed by atoms with Gasteiger partial charge in [-0.1, -0.05) is 13.8 Å². The molecule has 0 aliphatic heterocycles. The van der Waals surface area contributed by atoms with Crippen LogP contribution >= 0.6 is 11.3 Å². The molecule has 1 amide bonds. The molecule has 1 aromatic rings. The Morgan fingerprint density at radius 3 is 2.30 bits per heavy atom. The van der Waals surface area contributed by atoms with Gasteiger partial charge in [0.1, 0.15) is 9.88 Å². The van der Waals surface area contributed by atoms with E-state index < -0.39 is 5.97 Å². The molecular weight excluding hydrogens is 312 g/mol. The van der Waals surface area contributed by atoms with Crippen molar-refractivity contribution >= 4 is 23.2 Å². The number of aromatic nitrogens is 1. The number of rotatable bonds is 5. The minimum atomic E-state index is -0.961. The van der Waals surface area contributed by atoms with Gasteiger partial charge in [-0.05, 0) is 51.4 Å². The maximum atomic E-state index is 12.4. The Balaban J connectivity index is 1.93. The average Bonchev–Trinajstić information content (AvgIpc) is 2.89. The molecule has 1 aromatic heterocycles. The van der Waals surface area contributed by atoms with Crippen LogP contribution in [0.25, 0.3) is 0 Å². The first kappa shape index (κ1) is 17.9. The molecule has 5 nitrogen and oxygen atoms in total. The lowest BCUT2D eigenvalue weighted by Crippen LogP contribution is -2.35. The number of carbonyl (C=O) groups excluding carboxylic acids is 1. The first-order valence-electron chi connectivity index (χ1n) is 8.30. The lowest BCUT2D eigenvalue weighted by atomic mass is 9.76. The van der Waals surface area contributed by atoms with Crippen molar-refractivity contribution in [3.05, 3.63) is 15.6 Å². The predicted octanol–water partition coefficient (Wildman–Crippen LogP) is 3.79. The van der Waals surface area contributed by atoms with Crippen molar-refractivity contribution in [1.82, 2.24) is 10.3 Å². The average molecular weight is 338 g/mol. The van der Waals surface area contributed by atoms with Gasteiger partial charge >= 0.3 is 5.97 Å². The predicted molar refractivity (Wildman–Crippen MR) is 90.7 cm³/mol. The van der Waals surface area contributed by atoms with Gasteiger partial charge in [0.25, 0.3) is 0 Å². The van der Waals surface area contributed by atoms with Gasteiger partial charge < -0.3 is 10.4 Å². The second-order valence-corrected chi connectivity index (χ2v) is 7.89. The molecule has 0 radical (unpaired) electrons. The molecular formula is C17H26N2O3S. The van der Waals surface area contributed by atoms with Gasteiger partial charge in [-0.2, -0.15) is 0 Å². The lowest BCUT2D eigenvalue weighted by molar-refractivity contribution is -0.127. The van der Waals surface area contributed by atoms with Crippen LogP contribution < -0.4 is 5.32 Å². The SMILES string of the molecule is Cc1nc(C(C)NC(=O)C2CCC(C(C)C)CC2)sc1C(=O)O. The van der Waals surface area contributed by atoms with Crippen LogP contribution in [0.2, 0.25) is 0 Å². The number of carboxylic acid groups (broad SMARTS) is 1. The Morgan fingerprint density at radius 2 is 1.83 bits per heavy atom. The Bertz CT molecular complexity index is 574. The molecule has 128 valence electrons. The Kier molecular flexibility index (Phi) is 5.79. The highest BCUT2D eigenvalue weighted by Crippen LogP contribution is 2.33. The molecule has 1 heterocycles. The normalized spacial score (nSPS) is 22.8. The maximum absolute atomic E-state index is 12.4. The molecule has 2 N–H and O–H groups in total. The Hall–Kier alpha value is -1.43. The second-order valence-electron chi connectivity index (χ2n) is 6.86. The van der Waals surface area contributed by atoms with Crippen molar-refractivity contribution in [1.29, 1.82) is 0 Å². The molecule has 0 spiro atoms. The van der Waals surface area contributed by atoms with E-state index in [9.17, 15) is 9.59 Å². The summed E-state index contributed by atoms with van der Waals surface area (Å²) < 4.78 is 0. The summed E-state index contributed by atoms with van der Waals surface area (Å²) >= 11 is 1.14. The van der Waals surface area contributed by atoms with E-state index in [1.807, 2.05) is 6.92 Å². The molecule has 0 bridgehead atoms. The number of nitrogens with one attached hydrogen (secondary N) is 1. The van der Waals surface area contributed by atoms with Gasteiger partial charge in [-0.15, -0.1) is 11.3 Å². The standard InChI is InChI=1S/C17H26N2O3S/c1-9(2)12-5-7-13(8-6-12)15(20)18-11(4)16-19-10(3)14(23-16)17(21)22/h9,11-13H,5-8H2,1-4H3,(H,18,20)(H,21,22). The van der Waals surface area contributed by atoms with Crippen molar-refractivity contribution in [2.24, 2.45) is 17.8 Å². The van der Waals surface area contributed by atoms with Gasteiger partial charge in [0.15, 0.2) is 0 Å². The third-order valence-electron chi connectivity index (χ3n) is 4.82. The highest BCUT2D eigenvalue weighted by atomic mass is 32.1. The maximum Gasteiger partial charge on any atom is 0.347 e. The van der Waals surface area contributed by atoms with Crippen molar-refractivity contribution < 1.29 is 14.7 Å². The number of aromatic carboxylic acids is 1. The minimum Gasteiger partial charge on any atom is -0.477 e. The molecule has 1 atom stereocenters. The molecule has 23 heavy (non-hydrogen) atoms. The summed E-state index contributed by atoms with van der Waals surface area (Å²) in [6, 6.07) is -0.248. The van der Waals surface area contributed by atoms with E-state index in [1.54, 1.807) is 6.92 Å². The van der Waals surface area contributed by atoms with Crippen molar-refractivity contribution in [3.63, 3.8) is 0 Å². The Morgan fingerprint density at radius 1 is 1.22 bits per heavy atom. The number of nitrogens with zero attached hydrogens (tertiary/aromatic N) is 1. The molecule has 1 fully saturated rings. The van der Waals surface area contributed by atoms with E-state index in [1.165, 1.54) is 0 Å². The number of hydrogen-bond acceptors (Lipinski definition) is 4. The first-order chi connectivity index (χ1) is 10.8. The summed E-state index contributed by atoms with van der Waals surface area (Å²) in [6.07, 6.45) is 4.12. The molecule has 1 aliphatic carbocycles. The van der Waals surface area contributed by atoms with Gasteiger partial charge in [0, 0.05) is 5.92 Å². The monoisotopic (exact) mass is 338 g/mol. The Labute approximate surface area is 141 Å². The van der Waals surface area contributed by atoms with Gasteiger partial charge in [-0.25, -0.2) is 9.78 Å². The lowest BCUT2D eigenvalue weighted by Gasteiger charge is -2.30. The highest BCUT2D eigenvalue weighted by molar-refractivity contribution is 7.13. The summed E-state index contributed by atoms with van der Waals surface area (Å²) in [5.74, 6) is 0.607. The van der Waals surface area contributed by atoms with Crippen molar-refractivity contribution in [2.75, 3.05) is 0 Å². The van der Waals surface area contributed by atoms with Crippen LogP contribution in [-0.2, 0) is 4.79 Å². The van der Waals surface area contributed by atoms with Crippen molar-refractivity contribution in [3.8, 4) is 0 Å². The van der Waals surface area contributed by atoms with Crippen LogP contribution in [0.15, 0.2) is 0 Å². The summed E-state index contributed by atoms with van der Waals surface area (Å²) in [4.78, 5) is 28.1. The fourth-order valence-corrected chi connectivity index (χ4v) is 4.15. The summed E-state index contributed by atoms with van der Waals surface area (Å²) in [5, 5.41) is 12.8. The van der Waals surface area contributed by atoms with Crippen LogP contribution in [-0.4, -0.2) is 22.0 Å². The fourth-order valence-electron chi connectivity index (χ4n) is 3.24. The molecule has 1 unspecified atom stereocenters. The van der Waals surface area contributed by atoms with E-state index in [2.05, 4.69) is 24.1 Å². The van der Waals surface area contributed by atoms with Crippen LogP contribution in [0.4, 0.5) is 0 Å². The number of aryl methyl sites for hydroxylation is 1. The van der Waals surface area contributed by atoms with Gasteiger partial charge in [0.05, 0.1) is 11.7 Å². The molecule has 0 aromatic carbocycles. The highest BCUT2D eigenvalue weighted by Gasteiger charge is 2.29. The van der Waals surface area contributed by atoms with Crippen LogP contribution in [0.3, 0.4) is 0 Å². The summed E-state index contributed by atoms with van der Waals surface area (Å²) in [5.41, 5.74) is 0.510. The number of carbonyl (C=O) groups is 2. The summed E-state index contributed by atoms with van der Waals surface area (Å²) in [7, 11) is 0. The minimum absolute atomic E-state index is 0.0736. The van der Waals surface area contributed by atoms with Crippen LogP contribution in [0, 0.1) is 24.7 Å². The number of thiazole rings is 1. The number of amides is 1. The quantitative estimate of drug-likeness (QED) is 0.856. The first-order valence-corrected chi connectivity index (χ1v) is 9.12. The zero-order chi connectivity index (χ0) is 17.1. The second kappa shape index (κ2) is 7.43. The fraction of sp³-hybridized carbons (Fsp3) is 0.706. The van der Waals surface area contributed by atoms with E-state index in [0.29, 0.717) is 16.6 Å². The number of hydrogen-bond donors (Lipinski definition) is 2.